The fourth-order valence-corrected chi connectivity index (χ4v) is 2.82. The zero-order valence-corrected chi connectivity index (χ0v) is 10.7. The summed E-state index contributed by atoms with van der Waals surface area (Å²) < 4.78 is 0. The van der Waals surface area contributed by atoms with Gasteiger partial charge in [0.1, 0.15) is 11.2 Å². The zero-order chi connectivity index (χ0) is 13.2. The molecule has 2 nitrogen and oxygen atoms in total. The van der Waals surface area contributed by atoms with Crippen molar-refractivity contribution in [3.05, 3.63) is 42.5 Å². The maximum Gasteiger partial charge on any atom is 0.150 e. The Balaban J connectivity index is 2.45. The molecule has 94 valence electrons. The van der Waals surface area contributed by atoms with Crippen LogP contribution in [0.4, 0.5) is 0 Å². The van der Waals surface area contributed by atoms with Gasteiger partial charge in [-0.1, -0.05) is 43.3 Å². The molecule has 0 N–H and O–H groups in total. The summed E-state index contributed by atoms with van der Waals surface area (Å²) in [5.74, 6) is -0.0313. The Morgan fingerprint density at radius 1 is 1.22 bits per heavy atom. The second kappa shape index (κ2) is 4.89. The number of ketones is 2. The van der Waals surface area contributed by atoms with Gasteiger partial charge in [-0.25, -0.2) is 0 Å². The van der Waals surface area contributed by atoms with Crippen LogP contribution >= 0.6 is 0 Å². The Hall–Kier alpha value is -1.70. The monoisotopic (exact) mass is 242 g/mol. The molecule has 2 rings (SSSR count). The first-order valence-electron chi connectivity index (χ1n) is 6.38. The molecule has 0 bridgehead atoms. The van der Waals surface area contributed by atoms with Crippen LogP contribution in [-0.4, -0.2) is 11.6 Å². The number of hydrogen-bond acceptors (Lipinski definition) is 2. The Morgan fingerprint density at radius 3 is 2.44 bits per heavy atom. The van der Waals surface area contributed by atoms with Crippen molar-refractivity contribution in [2.45, 2.75) is 32.6 Å². The van der Waals surface area contributed by atoms with E-state index in [-0.39, 0.29) is 11.6 Å². The van der Waals surface area contributed by atoms with Crippen molar-refractivity contribution in [3.63, 3.8) is 0 Å². The predicted octanol–water partition coefficient (Wildman–Crippen LogP) is 3.42. The lowest BCUT2D eigenvalue weighted by molar-refractivity contribution is -0.137. The summed E-state index contributed by atoms with van der Waals surface area (Å²) in [5, 5.41) is 0. The smallest absolute Gasteiger partial charge is 0.150 e. The Bertz CT molecular complexity index is 487. The quantitative estimate of drug-likeness (QED) is 0.761. The number of rotatable bonds is 3. The number of hydrogen-bond donors (Lipinski definition) is 0. The zero-order valence-electron chi connectivity index (χ0n) is 10.7. The highest BCUT2D eigenvalue weighted by Gasteiger charge is 2.46. The van der Waals surface area contributed by atoms with Crippen LogP contribution in [-0.2, 0) is 9.59 Å². The van der Waals surface area contributed by atoms with Crippen LogP contribution in [0, 0.1) is 5.41 Å². The minimum Gasteiger partial charge on any atom is -0.299 e. The maximum absolute atomic E-state index is 12.3. The number of carbonyl (C=O) groups excluding carboxylic acids is 2. The molecule has 0 amide bonds. The topological polar surface area (TPSA) is 34.1 Å². The molecule has 0 spiro atoms. The van der Waals surface area contributed by atoms with Gasteiger partial charge >= 0.3 is 0 Å². The van der Waals surface area contributed by atoms with Gasteiger partial charge in [0.05, 0.1) is 0 Å². The molecule has 2 heteroatoms. The third-order valence-electron chi connectivity index (χ3n) is 3.92. The van der Waals surface area contributed by atoms with Crippen molar-refractivity contribution in [1.29, 1.82) is 0 Å². The van der Waals surface area contributed by atoms with Gasteiger partial charge in [0.25, 0.3) is 0 Å². The fraction of sp³-hybridized carbons (Fsp3) is 0.375. The Kier molecular flexibility index (Phi) is 3.46. The summed E-state index contributed by atoms with van der Waals surface area (Å²) in [5.41, 5.74) is 0.586. The Labute approximate surface area is 108 Å². The van der Waals surface area contributed by atoms with E-state index < -0.39 is 5.41 Å². The normalized spacial score (nSPS) is 23.7. The molecule has 1 aliphatic rings. The molecule has 0 radical (unpaired) electrons. The van der Waals surface area contributed by atoms with E-state index >= 15 is 0 Å². The first kappa shape index (κ1) is 12.7. The fourth-order valence-electron chi connectivity index (χ4n) is 2.82. The second-order valence-electron chi connectivity index (χ2n) is 4.94. The van der Waals surface area contributed by atoms with Crippen LogP contribution in [0.3, 0.4) is 0 Å². The molecule has 1 saturated carbocycles. The van der Waals surface area contributed by atoms with Gasteiger partial charge in [0.15, 0.2) is 5.78 Å². The van der Waals surface area contributed by atoms with E-state index in [0.29, 0.717) is 18.4 Å². The van der Waals surface area contributed by atoms with Crippen LogP contribution in [0.5, 0.6) is 0 Å². The first-order chi connectivity index (χ1) is 8.59. The molecule has 1 aliphatic carbocycles. The van der Waals surface area contributed by atoms with Crippen LogP contribution in [0.1, 0.15) is 38.2 Å². The summed E-state index contributed by atoms with van der Waals surface area (Å²) in [4.78, 5) is 24.4. The summed E-state index contributed by atoms with van der Waals surface area (Å²) >= 11 is 0. The van der Waals surface area contributed by atoms with Gasteiger partial charge in [0, 0.05) is 6.42 Å². The highest BCUT2D eigenvalue weighted by molar-refractivity contribution is 6.16. The van der Waals surface area contributed by atoms with Crippen molar-refractivity contribution in [1.82, 2.24) is 0 Å². The summed E-state index contributed by atoms with van der Waals surface area (Å²) in [6.45, 7) is 5.56. The highest BCUT2D eigenvalue weighted by atomic mass is 16.2. The number of Topliss-reactive ketones (excluding diaryl/α,β-unsaturated/α-hetero) is 2. The molecule has 1 aromatic carbocycles. The largest absolute Gasteiger partial charge is 0.299 e. The lowest BCUT2D eigenvalue weighted by Gasteiger charge is -2.35. The number of allylic oxidation sites excluding steroid dienone is 1. The van der Waals surface area contributed by atoms with Crippen LogP contribution in [0.2, 0.25) is 0 Å². The minimum atomic E-state index is -0.973. The van der Waals surface area contributed by atoms with Gasteiger partial charge < -0.3 is 0 Å². The van der Waals surface area contributed by atoms with Gasteiger partial charge in [0.2, 0.25) is 0 Å². The Morgan fingerprint density at radius 2 is 1.89 bits per heavy atom. The van der Waals surface area contributed by atoms with E-state index in [2.05, 4.69) is 6.58 Å². The SMILES string of the molecule is C=C(c1ccccc1)C1(C(C)=O)CCCCC1=O. The van der Waals surface area contributed by atoms with Crippen LogP contribution < -0.4 is 0 Å². The molecule has 0 aliphatic heterocycles. The van der Waals surface area contributed by atoms with E-state index in [1.807, 2.05) is 30.3 Å². The lowest BCUT2D eigenvalue weighted by atomic mass is 9.64. The lowest BCUT2D eigenvalue weighted by Crippen LogP contribution is -2.41. The van der Waals surface area contributed by atoms with E-state index in [9.17, 15) is 9.59 Å². The van der Waals surface area contributed by atoms with E-state index in [4.69, 9.17) is 0 Å². The minimum absolute atomic E-state index is 0.0371. The van der Waals surface area contributed by atoms with E-state index in [0.717, 1.165) is 18.4 Å². The van der Waals surface area contributed by atoms with Crippen LogP contribution in [0.15, 0.2) is 36.9 Å². The molecule has 0 saturated heterocycles. The van der Waals surface area contributed by atoms with Crippen molar-refractivity contribution >= 4 is 17.1 Å². The third-order valence-corrected chi connectivity index (χ3v) is 3.92. The number of carbonyl (C=O) groups is 2. The molecule has 1 fully saturated rings. The van der Waals surface area contributed by atoms with Crippen molar-refractivity contribution in [2.75, 3.05) is 0 Å². The molecule has 0 aromatic heterocycles. The van der Waals surface area contributed by atoms with Gasteiger partial charge in [-0.15, -0.1) is 0 Å². The summed E-state index contributed by atoms with van der Waals surface area (Å²) in [6, 6.07) is 9.55. The van der Waals surface area contributed by atoms with Crippen molar-refractivity contribution < 1.29 is 9.59 Å². The van der Waals surface area contributed by atoms with Gasteiger partial charge in [-0.05, 0) is 30.9 Å². The van der Waals surface area contributed by atoms with Gasteiger partial charge in [-0.3, -0.25) is 9.59 Å². The predicted molar refractivity (Wildman–Crippen MR) is 72.1 cm³/mol. The average Bonchev–Trinajstić information content (AvgIpc) is 2.39. The highest BCUT2D eigenvalue weighted by Crippen LogP contribution is 2.44. The summed E-state index contributed by atoms with van der Waals surface area (Å²) in [7, 11) is 0. The molecular formula is C16H18O2. The van der Waals surface area contributed by atoms with Crippen molar-refractivity contribution in [3.8, 4) is 0 Å². The van der Waals surface area contributed by atoms with E-state index in [1.165, 1.54) is 6.92 Å². The molecular weight excluding hydrogens is 224 g/mol. The van der Waals surface area contributed by atoms with Gasteiger partial charge in [-0.2, -0.15) is 0 Å². The summed E-state index contributed by atoms with van der Waals surface area (Å²) in [6.07, 6.45) is 2.90. The van der Waals surface area contributed by atoms with E-state index in [1.54, 1.807) is 0 Å². The van der Waals surface area contributed by atoms with Crippen molar-refractivity contribution in [2.24, 2.45) is 5.41 Å². The third kappa shape index (κ3) is 1.92. The molecule has 0 heterocycles. The average molecular weight is 242 g/mol. The number of benzene rings is 1. The molecule has 1 unspecified atom stereocenters. The second-order valence-corrected chi connectivity index (χ2v) is 4.94. The molecule has 1 aromatic rings. The standard InChI is InChI=1S/C16H18O2/c1-12(14-8-4-3-5-9-14)16(13(2)17)11-7-6-10-15(16)18/h3-5,8-9H,1,6-7,10-11H2,2H3. The molecule has 18 heavy (non-hydrogen) atoms. The first-order valence-corrected chi connectivity index (χ1v) is 6.38. The van der Waals surface area contributed by atoms with Crippen LogP contribution in [0.25, 0.3) is 5.57 Å². The maximum atomic E-state index is 12.3. The molecule has 1 atom stereocenters.